The first-order valence-electron chi connectivity index (χ1n) is 12.1. The van der Waals surface area contributed by atoms with Gasteiger partial charge in [-0.05, 0) is 79.8 Å². The van der Waals surface area contributed by atoms with Gasteiger partial charge < -0.3 is 20.8 Å². The summed E-state index contributed by atoms with van der Waals surface area (Å²) in [4.78, 5) is 31.2. The van der Waals surface area contributed by atoms with Gasteiger partial charge in [-0.25, -0.2) is 14.1 Å². The van der Waals surface area contributed by atoms with Crippen LogP contribution < -0.4 is 15.9 Å². The van der Waals surface area contributed by atoms with E-state index in [0.717, 1.165) is 30.7 Å². The fourth-order valence-electron chi connectivity index (χ4n) is 5.15. The number of ether oxygens (including phenoxy) is 1. The standard InChI is InChI=1S/C27H28FN5O3/c1-2-23(34)32-15-12-17(13-16-32)22-11-14-30-33-25(26(29)35)24(31-27(22)33)18-3-7-20(8-4-18)36-21-9-5-19(28)6-10-21/h2-10,17,22,30H,1,11-16H2,(H2,29,35). The highest BCUT2D eigenvalue weighted by molar-refractivity contribution is 5.97. The number of nitrogens with two attached hydrogens (primary N) is 1. The third kappa shape index (κ3) is 4.56. The Morgan fingerprint density at radius 1 is 1.06 bits per heavy atom. The zero-order valence-corrected chi connectivity index (χ0v) is 19.8. The number of nitrogens with one attached hydrogen (secondary N) is 1. The van der Waals surface area contributed by atoms with Crippen molar-refractivity contribution in [2.24, 2.45) is 11.7 Å². The third-order valence-corrected chi connectivity index (χ3v) is 6.97. The number of hydrogen-bond acceptors (Lipinski definition) is 5. The van der Waals surface area contributed by atoms with Crippen molar-refractivity contribution in [3.63, 3.8) is 0 Å². The van der Waals surface area contributed by atoms with E-state index in [2.05, 4.69) is 12.0 Å². The number of fused-ring (bicyclic) bond motifs is 1. The van der Waals surface area contributed by atoms with Crippen molar-refractivity contribution < 1.29 is 18.7 Å². The molecule has 5 rings (SSSR count). The number of carbonyl (C=O) groups excluding carboxylic acids is 2. The fourth-order valence-corrected chi connectivity index (χ4v) is 5.15. The second-order valence-corrected chi connectivity index (χ2v) is 9.12. The normalized spacial score (nSPS) is 17.7. The molecule has 0 bridgehead atoms. The van der Waals surface area contributed by atoms with Crippen LogP contribution in [0.3, 0.4) is 0 Å². The van der Waals surface area contributed by atoms with Crippen molar-refractivity contribution in [3.05, 3.63) is 78.5 Å². The number of amides is 2. The first kappa shape index (κ1) is 23.6. The molecule has 1 aromatic heterocycles. The zero-order valence-electron chi connectivity index (χ0n) is 19.8. The van der Waals surface area contributed by atoms with Gasteiger partial charge in [0.1, 0.15) is 28.8 Å². The van der Waals surface area contributed by atoms with Crippen LogP contribution in [0, 0.1) is 11.7 Å². The summed E-state index contributed by atoms with van der Waals surface area (Å²) in [5.74, 6) is 1.47. The van der Waals surface area contributed by atoms with Gasteiger partial charge >= 0.3 is 0 Å². The van der Waals surface area contributed by atoms with E-state index < -0.39 is 5.91 Å². The number of halogens is 1. The molecule has 2 aliphatic heterocycles. The molecule has 186 valence electrons. The SMILES string of the molecule is C=CC(=O)N1CCC(C2CCNn3c2nc(-c2ccc(Oc4ccc(F)cc4)cc2)c3C(N)=O)CC1. The predicted molar refractivity (Wildman–Crippen MR) is 134 cm³/mol. The first-order valence-corrected chi connectivity index (χ1v) is 12.1. The van der Waals surface area contributed by atoms with E-state index in [9.17, 15) is 14.0 Å². The monoisotopic (exact) mass is 489 g/mol. The Bertz CT molecular complexity index is 1280. The van der Waals surface area contributed by atoms with Crippen LogP contribution in [-0.4, -0.2) is 46.0 Å². The number of imidazole rings is 1. The first-order chi connectivity index (χ1) is 17.4. The molecule has 3 heterocycles. The highest BCUT2D eigenvalue weighted by atomic mass is 19.1. The summed E-state index contributed by atoms with van der Waals surface area (Å²) in [6.45, 7) is 5.65. The van der Waals surface area contributed by atoms with E-state index in [-0.39, 0.29) is 17.6 Å². The summed E-state index contributed by atoms with van der Waals surface area (Å²) in [6, 6.07) is 13.0. The Hall–Kier alpha value is -4.14. The van der Waals surface area contributed by atoms with E-state index in [1.807, 2.05) is 17.0 Å². The van der Waals surface area contributed by atoms with Gasteiger partial charge in [0.25, 0.3) is 5.91 Å². The number of carbonyl (C=O) groups is 2. The Kier molecular flexibility index (Phi) is 6.45. The predicted octanol–water partition coefficient (Wildman–Crippen LogP) is 4.04. The van der Waals surface area contributed by atoms with Gasteiger partial charge in [0.2, 0.25) is 5.91 Å². The van der Waals surface area contributed by atoms with Crippen LogP contribution in [0.5, 0.6) is 11.5 Å². The van der Waals surface area contributed by atoms with Gasteiger partial charge in [-0.1, -0.05) is 6.58 Å². The Balaban J connectivity index is 1.40. The topological polar surface area (TPSA) is 102 Å². The van der Waals surface area contributed by atoms with E-state index in [1.165, 1.54) is 18.2 Å². The van der Waals surface area contributed by atoms with Crippen LogP contribution in [0.25, 0.3) is 11.3 Å². The largest absolute Gasteiger partial charge is 0.457 e. The second kappa shape index (κ2) is 9.85. The van der Waals surface area contributed by atoms with Crippen LogP contribution in [0.1, 0.15) is 41.5 Å². The molecule has 36 heavy (non-hydrogen) atoms. The molecule has 8 nitrogen and oxygen atoms in total. The summed E-state index contributed by atoms with van der Waals surface area (Å²) < 4.78 is 20.7. The quantitative estimate of drug-likeness (QED) is 0.509. The molecule has 9 heteroatoms. The number of nitrogens with zero attached hydrogens (tertiary/aromatic N) is 3. The Morgan fingerprint density at radius 3 is 2.31 bits per heavy atom. The second-order valence-electron chi connectivity index (χ2n) is 9.12. The summed E-state index contributed by atoms with van der Waals surface area (Å²) in [7, 11) is 0. The average molecular weight is 490 g/mol. The smallest absolute Gasteiger partial charge is 0.269 e. The van der Waals surface area contributed by atoms with Crippen LogP contribution >= 0.6 is 0 Å². The lowest BCUT2D eigenvalue weighted by molar-refractivity contribution is -0.127. The van der Waals surface area contributed by atoms with Crippen molar-refractivity contribution >= 4 is 11.8 Å². The Morgan fingerprint density at radius 2 is 1.69 bits per heavy atom. The minimum Gasteiger partial charge on any atom is -0.457 e. The van der Waals surface area contributed by atoms with E-state index in [0.29, 0.717) is 48.4 Å². The van der Waals surface area contributed by atoms with Crippen LogP contribution in [0.4, 0.5) is 4.39 Å². The highest BCUT2D eigenvalue weighted by Gasteiger charge is 2.36. The number of benzene rings is 2. The molecule has 0 aliphatic carbocycles. The lowest BCUT2D eigenvalue weighted by Gasteiger charge is -2.37. The van der Waals surface area contributed by atoms with E-state index >= 15 is 0 Å². The summed E-state index contributed by atoms with van der Waals surface area (Å²) in [5, 5.41) is 0. The average Bonchev–Trinajstić information content (AvgIpc) is 3.30. The molecule has 0 saturated carbocycles. The number of hydrogen-bond donors (Lipinski definition) is 2. The zero-order chi connectivity index (χ0) is 25.2. The molecule has 2 aliphatic rings. The van der Waals surface area contributed by atoms with E-state index in [1.54, 1.807) is 28.9 Å². The number of primary amides is 1. The molecule has 1 atom stereocenters. The maximum absolute atomic E-state index is 13.2. The maximum atomic E-state index is 13.2. The molecule has 1 unspecified atom stereocenters. The molecular formula is C27H28FN5O3. The lowest BCUT2D eigenvalue weighted by atomic mass is 9.81. The van der Waals surface area contributed by atoms with Crippen molar-refractivity contribution in [3.8, 4) is 22.8 Å². The highest BCUT2D eigenvalue weighted by Crippen LogP contribution is 2.39. The van der Waals surface area contributed by atoms with Gasteiger partial charge in [-0.15, -0.1) is 0 Å². The van der Waals surface area contributed by atoms with Crippen molar-refractivity contribution in [2.75, 3.05) is 25.1 Å². The molecular weight excluding hydrogens is 461 g/mol. The summed E-state index contributed by atoms with van der Waals surface area (Å²) >= 11 is 0. The van der Waals surface area contributed by atoms with Crippen LogP contribution in [0.15, 0.2) is 61.2 Å². The number of likely N-dealkylation sites (tertiary alicyclic amines) is 1. The van der Waals surface area contributed by atoms with Crippen molar-refractivity contribution in [1.82, 2.24) is 14.6 Å². The summed E-state index contributed by atoms with van der Waals surface area (Å²) in [5.41, 5.74) is 10.7. The number of rotatable bonds is 6. The van der Waals surface area contributed by atoms with Gasteiger partial charge in [0.05, 0.1) is 0 Å². The van der Waals surface area contributed by atoms with Gasteiger partial charge in [-0.2, -0.15) is 0 Å². The van der Waals surface area contributed by atoms with Crippen LogP contribution in [-0.2, 0) is 4.79 Å². The van der Waals surface area contributed by atoms with Gasteiger partial charge in [0, 0.05) is 31.1 Å². The van der Waals surface area contributed by atoms with E-state index in [4.69, 9.17) is 15.5 Å². The number of aromatic nitrogens is 2. The van der Waals surface area contributed by atoms with Gasteiger partial charge in [-0.3, -0.25) is 9.59 Å². The molecule has 0 radical (unpaired) electrons. The lowest BCUT2D eigenvalue weighted by Crippen LogP contribution is -2.41. The molecule has 1 fully saturated rings. The van der Waals surface area contributed by atoms with Crippen LogP contribution in [0.2, 0.25) is 0 Å². The molecule has 1 saturated heterocycles. The minimum absolute atomic E-state index is 0.0367. The number of piperidine rings is 1. The molecule has 3 aromatic rings. The minimum atomic E-state index is -0.560. The molecule has 3 N–H and O–H groups in total. The maximum Gasteiger partial charge on any atom is 0.269 e. The van der Waals surface area contributed by atoms with Gasteiger partial charge in [0.15, 0.2) is 5.69 Å². The summed E-state index contributed by atoms with van der Waals surface area (Å²) in [6.07, 6.45) is 3.99. The van der Waals surface area contributed by atoms with Crippen molar-refractivity contribution in [2.45, 2.75) is 25.2 Å². The Labute approximate surface area is 208 Å². The van der Waals surface area contributed by atoms with Crippen molar-refractivity contribution in [1.29, 1.82) is 0 Å². The molecule has 2 amide bonds. The molecule has 0 spiro atoms. The fraction of sp³-hybridized carbons (Fsp3) is 0.296. The third-order valence-electron chi connectivity index (χ3n) is 6.97. The molecule has 2 aromatic carbocycles.